The molecule has 2 aromatic carbocycles. The van der Waals surface area contributed by atoms with E-state index in [4.69, 9.17) is 4.74 Å². The molecule has 2 atom stereocenters. The topological polar surface area (TPSA) is 46.5 Å². The Labute approximate surface area is 160 Å². The molecule has 2 aromatic rings. The number of hydrogen-bond donors (Lipinski definition) is 1. The third-order valence-corrected chi connectivity index (χ3v) is 6.99. The molecule has 0 saturated carbocycles. The van der Waals surface area contributed by atoms with Crippen molar-refractivity contribution in [2.24, 2.45) is 5.41 Å². The number of carbonyl (C=O) groups is 1. The first-order valence-corrected chi connectivity index (χ1v) is 10.1. The van der Waals surface area contributed by atoms with Gasteiger partial charge in [0.2, 0.25) is 0 Å². The van der Waals surface area contributed by atoms with Crippen molar-refractivity contribution in [2.45, 2.75) is 57.5 Å². The Bertz CT molecular complexity index is 929. The monoisotopic (exact) mass is 362 g/mol. The highest BCUT2D eigenvalue weighted by atomic mass is 16.5. The van der Waals surface area contributed by atoms with E-state index in [1.54, 1.807) is 0 Å². The molecule has 0 saturated heterocycles. The molecule has 0 fully saturated rings. The van der Waals surface area contributed by atoms with Crippen LogP contribution in [0.1, 0.15) is 57.9 Å². The van der Waals surface area contributed by atoms with Crippen molar-refractivity contribution < 1.29 is 14.6 Å². The van der Waals surface area contributed by atoms with Gasteiger partial charge in [0.15, 0.2) is 0 Å². The average Bonchev–Trinajstić information content (AvgIpc) is 3.39. The van der Waals surface area contributed by atoms with Crippen LogP contribution in [0.5, 0.6) is 0 Å². The predicted molar refractivity (Wildman–Crippen MR) is 104 cm³/mol. The Hall–Kier alpha value is -2.13. The molecular formula is C24H26O3. The summed E-state index contributed by atoms with van der Waals surface area (Å²) in [5.74, 6) is -0.293. The van der Waals surface area contributed by atoms with Gasteiger partial charge < -0.3 is 9.84 Å². The molecular weight excluding hydrogens is 336 g/mol. The van der Waals surface area contributed by atoms with Crippen LogP contribution in [0, 0.1) is 5.41 Å². The fraction of sp³-hybridized carbons (Fsp3) is 0.458. The molecule has 5 rings (SSSR count). The molecule has 0 bridgehead atoms. The predicted octanol–water partition coefficient (Wildman–Crippen LogP) is 3.66. The number of benzene rings is 2. The lowest BCUT2D eigenvalue weighted by Gasteiger charge is -2.30. The SMILES string of the molecule is COC(=O)[C@]1(Cc2ccc3c(c2)CCC3)Cc2ccc3c(c2[C@@H]1O)CCC3. The maximum Gasteiger partial charge on any atom is 0.315 e. The van der Waals surface area contributed by atoms with Gasteiger partial charge >= 0.3 is 5.97 Å². The lowest BCUT2D eigenvalue weighted by molar-refractivity contribution is -0.159. The van der Waals surface area contributed by atoms with E-state index in [1.807, 2.05) is 0 Å². The van der Waals surface area contributed by atoms with Gasteiger partial charge in [0, 0.05) is 0 Å². The van der Waals surface area contributed by atoms with Gasteiger partial charge in [-0.2, -0.15) is 0 Å². The number of ether oxygens (including phenoxy) is 1. The number of aliphatic hydroxyl groups is 1. The van der Waals surface area contributed by atoms with E-state index >= 15 is 0 Å². The molecule has 1 N–H and O–H groups in total. The van der Waals surface area contributed by atoms with Crippen LogP contribution in [0.3, 0.4) is 0 Å². The van der Waals surface area contributed by atoms with Crippen molar-refractivity contribution in [1.82, 2.24) is 0 Å². The summed E-state index contributed by atoms with van der Waals surface area (Å²) in [5, 5.41) is 11.4. The molecule has 27 heavy (non-hydrogen) atoms. The average molecular weight is 362 g/mol. The highest BCUT2D eigenvalue weighted by Crippen LogP contribution is 2.51. The van der Waals surface area contributed by atoms with Crippen LogP contribution in [0.15, 0.2) is 30.3 Å². The Morgan fingerprint density at radius 3 is 2.59 bits per heavy atom. The third-order valence-electron chi connectivity index (χ3n) is 6.99. The quantitative estimate of drug-likeness (QED) is 0.848. The van der Waals surface area contributed by atoms with Crippen molar-refractivity contribution in [3.63, 3.8) is 0 Å². The molecule has 3 aliphatic carbocycles. The van der Waals surface area contributed by atoms with Crippen LogP contribution < -0.4 is 0 Å². The number of aliphatic hydroxyl groups excluding tert-OH is 1. The van der Waals surface area contributed by atoms with Crippen LogP contribution >= 0.6 is 0 Å². The lowest BCUT2D eigenvalue weighted by atomic mass is 9.76. The van der Waals surface area contributed by atoms with Crippen LogP contribution in [0.4, 0.5) is 0 Å². The molecule has 0 aromatic heterocycles. The minimum Gasteiger partial charge on any atom is -0.468 e. The molecule has 0 spiro atoms. The number of carbonyl (C=O) groups excluding carboxylic acids is 1. The van der Waals surface area contributed by atoms with Gasteiger partial charge in [0.1, 0.15) is 5.41 Å². The molecule has 3 heteroatoms. The molecule has 140 valence electrons. The maximum absolute atomic E-state index is 13.0. The second-order valence-corrected chi connectivity index (χ2v) is 8.49. The summed E-state index contributed by atoms with van der Waals surface area (Å²) in [6.07, 6.45) is 6.98. The number of aryl methyl sites for hydroxylation is 3. The zero-order valence-electron chi connectivity index (χ0n) is 15.9. The fourth-order valence-electron chi connectivity index (χ4n) is 5.67. The Balaban J connectivity index is 1.57. The van der Waals surface area contributed by atoms with Gasteiger partial charge in [-0.25, -0.2) is 0 Å². The molecule has 3 aliphatic rings. The summed E-state index contributed by atoms with van der Waals surface area (Å²) in [6.45, 7) is 0. The van der Waals surface area contributed by atoms with Crippen molar-refractivity contribution in [2.75, 3.05) is 7.11 Å². The Morgan fingerprint density at radius 2 is 1.74 bits per heavy atom. The molecule has 0 unspecified atom stereocenters. The second-order valence-electron chi connectivity index (χ2n) is 8.49. The summed E-state index contributed by atoms with van der Waals surface area (Å²) in [6, 6.07) is 10.9. The normalized spacial score (nSPS) is 25.2. The van der Waals surface area contributed by atoms with Crippen LogP contribution in [0.25, 0.3) is 0 Å². The number of methoxy groups -OCH3 is 1. The largest absolute Gasteiger partial charge is 0.468 e. The van der Waals surface area contributed by atoms with Gasteiger partial charge in [-0.3, -0.25) is 4.79 Å². The van der Waals surface area contributed by atoms with Gasteiger partial charge in [0.05, 0.1) is 13.2 Å². The van der Waals surface area contributed by atoms with Crippen molar-refractivity contribution in [3.05, 3.63) is 69.3 Å². The van der Waals surface area contributed by atoms with Crippen molar-refractivity contribution >= 4 is 5.97 Å². The standard InChI is InChI=1S/C24H26O3/c1-27-23(26)24(13-15-8-9-16-4-2-6-18(16)12-15)14-19-11-10-17-5-3-7-20(17)21(19)22(24)25/h8-12,22,25H,2-7,13-14H2,1H3/t22-,24+/m0/s1. The summed E-state index contributed by atoms with van der Waals surface area (Å²) in [5.41, 5.74) is 7.79. The number of rotatable bonds is 3. The van der Waals surface area contributed by atoms with E-state index in [0.717, 1.165) is 48.8 Å². The zero-order valence-corrected chi connectivity index (χ0v) is 15.9. The van der Waals surface area contributed by atoms with E-state index in [1.165, 1.54) is 35.8 Å². The molecule has 0 radical (unpaired) electrons. The van der Waals surface area contributed by atoms with Gasteiger partial charge in [0.25, 0.3) is 0 Å². The molecule has 0 amide bonds. The highest BCUT2D eigenvalue weighted by Gasteiger charge is 2.53. The van der Waals surface area contributed by atoms with E-state index in [-0.39, 0.29) is 5.97 Å². The van der Waals surface area contributed by atoms with E-state index in [9.17, 15) is 9.90 Å². The first-order chi connectivity index (χ1) is 13.1. The number of fused-ring (bicyclic) bond motifs is 4. The third kappa shape index (κ3) is 2.48. The lowest BCUT2D eigenvalue weighted by Crippen LogP contribution is -2.39. The number of hydrogen-bond acceptors (Lipinski definition) is 3. The van der Waals surface area contributed by atoms with Gasteiger partial charge in [-0.05, 0) is 90.3 Å². The van der Waals surface area contributed by atoms with Crippen LogP contribution in [-0.4, -0.2) is 18.2 Å². The summed E-state index contributed by atoms with van der Waals surface area (Å²) in [4.78, 5) is 13.0. The fourth-order valence-corrected chi connectivity index (χ4v) is 5.67. The van der Waals surface area contributed by atoms with Crippen LogP contribution in [0.2, 0.25) is 0 Å². The zero-order chi connectivity index (χ0) is 18.6. The second kappa shape index (κ2) is 6.20. The minimum atomic E-state index is -0.915. The Kier molecular flexibility index (Phi) is 3.90. The van der Waals surface area contributed by atoms with Gasteiger partial charge in [-0.1, -0.05) is 30.3 Å². The van der Waals surface area contributed by atoms with Crippen molar-refractivity contribution in [1.29, 1.82) is 0 Å². The number of esters is 1. The van der Waals surface area contributed by atoms with Crippen molar-refractivity contribution in [3.8, 4) is 0 Å². The summed E-state index contributed by atoms with van der Waals surface area (Å²) >= 11 is 0. The first kappa shape index (κ1) is 17.0. The first-order valence-electron chi connectivity index (χ1n) is 10.1. The Morgan fingerprint density at radius 1 is 1.04 bits per heavy atom. The molecule has 0 aliphatic heterocycles. The van der Waals surface area contributed by atoms with Crippen LogP contribution in [-0.2, 0) is 48.1 Å². The van der Waals surface area contributed by atoms with E-state index in [0.29, 0.717) is 12.8 Å². The molecule has 3 nitrogen and oxygen atoms in total. The van der Waals surface area contributed by atoms with Gasteiger partial charge in [-0.15, -0.1) is 0 Å². The maximum atomic E-state index is 13.0. The van der Waals surface area contributed by atoms with E-state index < -0.39 is 11.5 Å². The highest BCUT2D eigenvalue weighted by molar-refractivity contribution is 5.81. The summed E-state index contributed by atoms with van der Waals surface area (Å²) in [7, 11) is 1.44. The minimum absolute atomic E-state index is 0.293. The summed E-state index contributed by atoms with van der Waals surface area (Å²) < 4.78 is 5.22. The molecule has 0 heterocycles. The van der Waals surface area contributed by atoms with E-state index in [2.05, 4.69) is 30.3 Å². The smallest absolute Gasteiger partial charge is 0.315 e.